The molecule has 28 heavy (non-hydrogen) atoms. The Labute approximate surface area is 162 Å². The van der Waals surface area contributed by atoms with Gasteiger partial charge in [-0.25, -0.2) is 0 Å². The quantitative estimate of drug-likeness (QED) is 0.680. The normalized spacial score (nSPS) is 11.0. The zero-order valence-corrected chi connectivity index (χ0v) is 16.4. The van der Waals surface area contributed by atoms with E-state index < -0.39 is 0 Å². The second kappa shape index (κ2) is 8.18. The van der Waals surface area contributed by atoms with Crippen LogP contribution in [0.15, 0.2) is 39.6 Å². The Kier molecular flexibility index (Phi) is 5.70. The van der Waals surface area contributed by atoms with Gasteiger partial charge in [-0.1, -0.05) is 17.3 Å². The predicted octanol–water partition coefficient (Wildman–Crippen LogP) is 2.57. The van der Waals surface area contributed by atoms with Crippen molar-refractivity contribution in [3.8, 4) is 0 Å². The van der Waals surface area contributed by atoms with Crippen molar-refractivity contribution in [1.82, 2.24) is 20.0 Å². The Morgan fingerprint density at radius 1 is 1.21 bits per heavy atom. The summed E-state index contributed by atoms with van der Waals surface area (Å²) in [5.41, 5.74) is 3.33. The summed E-state index contributed by atoms with van der Waals surface area (Å²) in [4.78, 5) is 33.1. The van der Waals surface area contributed by atoms with Gasteiger partial charge in [-0.15, -0.1) is 0 Å². The molecule has 2 N–H and O–H groups in total. The van der Waals surface area contributed by atoms with Gasteiger partial charge in [0.25, 0.3) is 5.91 Å². The molecule has 8 heteroatoms. The fraction of sp³-hybridized carbons (Fsp3) is 0.300. The second-order valence-electron chi connectivity index (χ2n) is 6.87. The lowest BCUT2D eigenvalue weighted by molar-refractivity contribution is 0.102. The van der Waals surface area contributed by atoms with Crippen LogP contribution in [-0.2, 0) is 13.1 Å². The van der Waals surface area contributed by atoms with Gasteiger partial charge in [-0.2, -0.15) is 4.98 Å². The van der Waals surface area contributed by atoms with E-state index in [2.05, 4.69) is 20.4 Å². The standard InChI is InChI=1S/C20H23N5O3/c1-12-8-18(26)21-13(2)19(12)23-20(27)16-7-5-6-15(9-16)10-25(4)11-17-22-14(3)28-24-17/h5-9H,10-11H2,1-4H3,(H,21,26)(H,23,27). The van der Waals surface area contributed by atoms with E-state index in [-0.39, 0.29) is 11.5 Å². The van der Waals surface area contributed by atoms with E-state index in [9.17, 15) is 9.59 Å². The van der Waals surface area contributed by atoms with Crippen molar-refractivity contribution in [3.05, 3.63) is 74.8 Å². The molecule has 1 aromatic carbocycles. The topological polar surface area (TPSA) is 104 Å². The summed E-state index contributed by atoms with van der Waals surface area (Å²) in [5.74, 6) is 0.935. The number of hydrogen-bond donors (Lipinski definition) is 2. The number of aromatic nitrogens is 3. The molecule has 0 aliphatic heterocycles. The van der Waals surface area contributed by atoms with Crippen molar-refractivity contribution in [2.24, 2.45) is 0 Å². The minimum Gasteiger partial charge on any atom is -0.340 e. The highest BCUT2D eigenvalue weighted by atomic mass is 16.5. The molecule has 3 rings (SSSR count). The molecule has 0 unspecified atom stereocenters. The van der Waals surface area contributed by atoms with Crippen LogP contribution in [0.4, 0.5) is 5.69 Å². The molecule has 8 nitrogen and oxygen atoms in total. The van der Waals surface area contributed by atoms with Crippen LogP contribution >= 0.6 is 0 Å². The van der Waals surface area contributed by atoms with Crippen LogP contribution < -0.4 is 10.9 Å². The van der Waals surface area contributed by atoms with Gasteiger partial charge in [0.15, 0.2) is 5.82 Å². The molecule has 146 valence electrons. The Balaban J connectivity index is 1.70. The zero-order valence-electron chi connectivity index (χ0n) is 16.4. The van der Waals surface area contributed by atoms with Crippen LogP contribution in [0.3, 0.4) is 0 Å². The largest absolute Gasteiger partial charge is 0.340 e. The summed E-state index contributed by atoms with van der Waals surface area (Å²) in [6.07, 6.45) is 0. The van der Waals surface area contributed by atoms with Crippen LogP contribution in [0.25, 0.3) is 0 Å². The van der Waals surface area contributed by atoms with E-state index in [0.29, 0.717) is 41.7 Å². The first-order chi connectivity index (χ1) is 13.3. The van der Waals surface area contributed by atoms with Crippen molar-refractivity contribution < 1.29 is 9.32 Å². The number of aryl methyl sites for hydroxylation is 3. The predicted molar refractivity (Wildman–Crippen MR) is 105 cm³/mol. The maximum atomic E-state index is 12.7. The number of H-pyrrole nitrogens is 1. The van der Waals surface area contributed by atoms with Crippen molar-refractivity contribution in [1.29, 1.82) is 0 Å². The summed E-state index contributed by atoms with van der Waals surface area (Å²) in [7, 11) is 1.95. The molecule has 0 saturated carbocycles. The van der Waals surface area contributed by atoms with Gasteiger partial charge >= 0.3 is 0 Å². The van der Waals surface area contributed by atoms with Crippen molar-refractivity contribution >= 4 is 11.6 Å². The first kappa shape index (κ1) is 19.5. The summed E-state index contributed by atoms with van der Waals surface area (Å²) < 4.78 is 4.99. The second-order valence-corrected chi connectivity index (χ2v) is 6.87. The number of nitrogens with one attached hydrogen (secondary N) is 2. The summed E-state index contributed by atoms with van der Waals surface area (Å²) in [5, 5.41) is 6.79. The van der Waals surface area contributed by atoms with Gasteiger partial charge in [0.05, 0.1) is 12.2 Å². The molecular formula is C20H23N5O3. The lowest BCUT2D eigenvalue weighted by Gasteiger charge is -2.15. The van der Waals surface area contributed by atoms with Gasteiger partial charge in [0, 0.05) is 30.8 Å². The van der Waals surface area contributed by atoms with Crippen molar-refractivity contribution in [2.45, 2.75) is 33.9 Å². The third-order valence-corrected chi connectivity index (χ3v) is 4.29. The Bertz CT molecular complexity index is 1030. The number of aromatic amines is 1. The SMILES string of the molecule is Cc1nc(CN(C)Cc2cccc(C(=O)Nc3c(C)cc(=O)[nH]c3C)c2)no1. The van der Waals surface area contributed by atoms with Crippen LogP contribution in [0.2, 0.25) is 0 Å². The van der Waals surface area contributed by atoms with Gasteiger partial charge in [0.1, 0.15) is 0 Å². The number of amides is 1. The minimum atomic E-state index is -0.225. The third kappa shape index (κ3) is 4.72. The van der Waals surface area contributed by atoms with Gasteiger partial charge in [-0.05, 0) is 44.2 Å². The van der Waals surface area contributed by atoms with E-state index >= 15 is 0 Å². The summed E-state index contributed by atoms with van der Waals surface area (Å²) >= 11 is 0. The Morgan fingerprint density at radius 3 is 2.68 bits per heavy atom. The molecule has 0 atom stereocenters. The first-order valence-electron chi connectivity index (χ1n) is 8.90. The number of hydrogen-bond acceptors (Lipinski definition) is 6. The lowest BCUT2D eigenvalue weighted by Crippen LogP contribution is -2.19. The highest BCUT2D eigenvalue weighted by molar-refractivity contribution is 6.05. The van der Waals surface area contributed by atoms with E-state index in [4.69, 9.17) is 4.52 Å². The number of anilines is 1. The molecule has 3 aromatic rings. The number of carbonyl (C=O) groups is 1. The molecule has 0 aliphatic carbocycles. The van der Waals surface area contributed by atoms with E-state index in [1.165, 1.54) is 6.07 Å². The maximum absolute atomic E-state index is 12.7. The molecule has 1 amide bonds. The molecule has 0 spiro atoms. The van der Waals surface area contributed by atoms with Crippen molar-refractivity contribution in [3.63, 3.8) is 0 Å². The lowest BCUT2D eigenvalue weighted by atomic mass is 10.1. The van der Waals surface area contributed by atoms with Crippen LogP contribution in [-0.4, -0.2) is 33.0 Å². The maximum Gasteiger partial charge on any atom is 0.255 e. The highest BCUT2D eigenvalue weighted by Gasteiger charge is 2.12. The smallest absolute Gasteiger partial charge is 0.255 e. The average molecular weight is 381 g/mol. The van der Waals surface area contributed by atoms with Gasteiger partial charge in [0.2, 0.25) is 11.4 Å². The summed E-state index contributed by atoms with van der Waals surface area (Å²) in [6.45, 7) is 6.48. The third-order valence-electron chi connectivity index (χ3n) is 4.29. The number of carbonyl (C=O) groups excluding carboxylic acids is 1. The molecule has 2 heterocycles. The van der Waals surface area contributed by atoms with E-state index in [1.54, 1.807) is 26.8 Å². The molecule has 0 aliphatic rings. The number of rotatable bonds is 6. The minimum absolute atomic E-state index is 0.185. The Hall–Kier alpha value is -3.26. The fourth-order valence-electron chi connectivity index (χ4n) is 3.05. The number of nitrogens with zero attached hydrogens (tertiary/aromatic N) is 3. The van der Waals surface area contributed by atoms with Crippen molar-refractivity contribution in [2.75, 3.05) is 12.4 Å². The molecule has 0 radical (unpaired) electrons. The molecule has 0 bridgehead atoms. The van der Waals surface area contributed by atoms with Crippen LogP contribution in [0, 0.1) is 20.8 Å². The average Bonchev–Trinajstić information content (AvgIpc) is 3.02. The molecular weight excluding hydrogens is 358 g/mol. The zero-order chi connectivity index (χ0) is 20.3. The molecule has 2 aromatic heterocycles. The van der Waals surface area contributed by atoms with Gasteiger partial charge < -0.3 is 14.8 Å². The first-order valence-corrected chi connectivity index (χ1v) is 8.90. The fourth-order valence-corrected chi connectivity index (χ4v) is 3.05. The molecule has 0 saturated heterocycles. The Morgan fingerprint density at radius 2 is 2.00 bits per heavy atom. The van der Waals surface area contributed by atoms with Crippen LogP contribution in [0.1, 0.15) is 38.9 Å². The molecule has 0 fully saturated rings. The van der Waals surface area contributed by atoms with E-state index in [1.807, 2.05) is 30.1 Å². The van der Waals surface area contributed by atoms with Gasteiger partial charge in [-0.3, -0.25) is 14.5 Å². The number of benzene rings is 1. The monoisotopic (exact) mass is 381 g/mol. The highest BCUT2D eigenvalue weighted by Crippen LogP contribution is 2.17. The summed E-state index contributed by atoms with van der Waals surface area (Å²) in [6, 6.07) is 8.89. The van der Waals surface area contributed by atoms with E-state index in [0.717, 1.165) is 11.1 Å². The van der Waals surface area contributed by atoms with Crippen LogP contribution in [0.5, 0.6) is 0 Å². The number of pyridine rings is 1.